The minimum absolute atomic E-state index is 0.0108. The van der Waals surface area contributed by atoms with Gasteiger partial charge >= 0.3 is 0 Å². The summed E-state index contributed by atoms with van der Waals surface area (Å²) in [5.41, 5.74) is 5.85. The van der Waals surface area contributed by atoms with Crippen molar-refractivity contribution < 1.29 is 0 Å². The maximum Gasteiger partial charge on any atom is 0.262 e. The molecule has 2 aromatic heterocycles. The molecule has 0 fully saturated rings. The smallest absolute Gasteiger partial charge is 0.262 e. The predicted molar refractivity (Wildman–Crippen MR) is 66.9 cm³/mol. The first-order valence-electron chi connectivity index (χ1n) is 5.33. The molecular weight excluding hydrogens is 222 g/mol. The summed E-state index contributed by atoms with van der Waals surface area (Å²) in [7, 11) is 0. The Morgan fingerprint density at radius 2 is 2.38 bits per heavy atom. The van der Waals surface area contributed by atoms with Crippen LogP contribution in [0.1, 0.15) is 18.2 Å². The Morgan fingerprint density at radius 3 is 3.06 bits per heavy atom. The van der Waals surface area contributed by atoms with Crippen LogP contribution in [0.5, 0.6) is 0 Å². The molecule has 0 aliphatic rings. The van der Waals surface area contributed by atoms with Gasteiger partial charge in [-0.2, -0.15) is 0 Å². The molecule has 0 spiro atoms. The number of fused-ring (bicyclic) bond motifs is 1. The van der Waals surface area contributed by atoms with E-state index in [1.165, 1.54) is 0 Å². The first kappa shape index (κ1) is 11.3. The lowest BCUT2D eigenvalue weighted by molar-refractivity contribution is 0.525. The summed E-state index contributed by atoms with van der Waals surface area (Å²) >= 11 is 1.54. The summed E-state index contributed by atoms with van der Waals surface area (Å²) in [6.45, 7) is 4.53. The Bertz CT molecular complexity index is 558. The van der Waals surface area contributed by atoms with E-state index in [-0.39, 0.29) is 11.6 Å². The number of hydrogen-bond acceptors (Lipinski definition) is 4. The SMILES string of the molecule is CCC(N)Cn1cnc2sc(C)cc2c1=O. The topological polar surface area (TPSA) is 60.9 Å². The zero-order valence-electron chi connectivity index (χ0n) is 9.43. The van der Waals surface area contributed by atoms with Crippen LogP contribution >= 0.6 is 11.3 Å². The van der Waals surface area contributed by atoms with Gasteiger partial charge in [0.1, 0.15) is 4.83 Å². The molecule has 0 radical (unpaired) electrons. The number of aromatic nitrogens is 2. The van der Waals surface area contributed by atoms with Crippen molar-refractivity contribution in [1.29, 1.82) is 0 Å². The van der Waals surface area contributed by atoms with Crippen molar-refractivity contribution in [3.8, 4) is 0 Å². The van der Waals surface area contributed by atoms with Gasteiger partial charge in [0, 0.05) is 17.5 Å². The van der Waals surface area contributed by atoms with E-state index in [0.717, 1.165) is 16.1 Å². The molecule has 2 aromatic rings. The first-order valence-corrected chi connectivity index (χ1v) is 6.14. The second-order valence-electron chi connectivity index (χ2n) is 3.95. The van der Waals surface area contributed by atoms with E-state index in [1.807, 2.05) is 19.9 Å². The Hall–Kier alpha value is -1.20. The number of nitrogens with two attached hydrogens (primary N) is 1. The van der Waals surface area contributed by atoms with Crippen LogP contribution in [0, 0.1) is 6.92 Å². The quantitative estimate of drug-likeness (QED) is 0.880. The van der Waals surface area contributed by atoms with Gasteiger partial charge in [-0.25, -0.2) is 4.98 Å². The zero-order valence-corrected chi connectivity index (χ0v) is 10.3. The standard InChI is InChI=1S/C11H15N3OS/c1-3-8(12)5-14-6-13-10-9(11(14)15)4-7(2)16-10/h4,6,8H,3,5,12H2,1-2H3. The first-order chi connectivity index (χ1) is 7.61. The maximum atomic E-state index is 12.1. The Balaban J connectivity index is 2.48. The fraction of sp³-hybridized carbons (Fsp3) is 0.455. The van der Waals surface area contributed by atoms with E-state index >= 15 is 0 Å². The molecule has 2 N–H and O–H groups in total. The fourth-order valence-electron chi connectivity index (χ4n) is 1.59. The van der Waals surface area contributed by atoms with Crippen molar-refractivity contribution in [2.24, 2.45) is 5.73 Å². The molecule has 0 amide bonds. The highest BCUT2D eigenvalue weighted by Crippen LogP contribution is 2.19. The highest BCUT2D eigenvalue weighted by molar-refractivity contribution is 7.18. The van der Waals surface area contributed by atoms with Gasteiger partial charge in [0.05, 0.1) is 11.7 Å². The molecule has 16 heavy (non-hydrogen) atoms. The van der Waals surface area contributed by atoms with Gasteiger partial charge < -0.3 is 5.73 Å². The zero-order chi connectivity index (χ0) is 11.7. The summed E-state index contributed by atoms with van der Waals surface area (Å²) in [5.74, 6) is 0. The van der Waals surface area contributed by atoms with Gasteiger partial charge in [-0.15, -0.1) is 11.3 Å². The molecule has 4 nitrogen and oxygen atoms in total. The molecule has 0 saturated heterocycles. The third kappa shape index (κ3) is 2.01. The molecule has 0 aromatic carbocycles. The van der Waals surface area contributed by atoms with Gasteiger partial charge in [0.2, 0.25) is 0 Å². The monoisotopic (exact) mass is 237 g/mol. The summed E-state index contributed by atoms with van der Waals surface area (Å²) < 4.78 is 1.60. The van der Waals surface area contributed by atoms with Crippen molar-refractivity contribution in [2.45, 2.75) is 32.9 Å². The van der Waals surface area contributed by atoms with Crippen LogP contribution in [-0.4, -0.2) is 15.6 Å². The average Bonchev–Trinajstić information content (AvgIpc) is 2.64. The Labute approximate surface area is 97.7 Å². The number of hydrogen-bond donors (Lipinski definition) is 1. The number of rotatable bonds is 3. The van der Waals surface area contributed by atoms with Gasteiger partial charge in [-0.05, 0) is 19.4 Å². The number of nitrogens with zero attached hydrogens (tertiary/aromatic N) is 2. The normalized spacial score (nSPS) is 13.2. The van der Waals surface area contributed by atoms with E-state index in [1.54, 1.807) is 22.2 Å². The Morgan fingerprint density at radius 1 is 1.62 bits per heavy atom. The average molecular weight is 237 g/mol. The van der Waals surface area contributed by atoms with E-state index in [4.69, 9.17) is 5.73 Å². The second kappa shape index (κ2) is 4.35. The van der Waals surface area contributed by atoms with Gasteiger partial charge in [-0.1, -0.05) is 6.92 Å². The van der Waals surface area contributed by atoms with Crippen LogP contribution in [0.2, 0.25) is 0 Å². The number of thiophene rings is 1. The molecular formula is C11H15N3OS. The summed E-state index contributed by atoms with van der Waals surface area (Å²) in [6, 6.07) is 1.90. The summed E-state index contributed by atoms with van der Waals surface area (Å²) in [4.78, 5) is 18.3. The molecule has 0 aliphatic carbocycles. The summed E-state index contributed by atoms with van der Waals surface area (Å²) in [5, 5.41) is 0.702. The van der Waals surface area contributed by atoms with E-state index in [9.17, 15) is 4.79 Å². The molecule has 1 unspecified atom stereocenters. The van der Waals surface area contributed by atoms with Crippen molar-refractivity contribution in [3.05, 3.63) is 27.6 Å². The molecule has 0 aliphatic heterocycles. The lowest BCUT2D eigenvalue weighted by Gasteiger charge is -2.10. The lowest BCUT2D eigenvalue weighted by atomic mass is 10.2. The summed E-state index contributed by atoms with van der Waals surface area (Å²) in [6.07, 6.45) is 2.45. The van der Waals surface area contributed by atoms with Crippen LogP contribution in [0.15, 0.2) is 17.2 Å². The minimum Gasteiger partial charge on any atom is -0.326 e. The molecule has 0 bridgehead atoms. The van der Waals surface area contributed by atoms with E-state index < -0.39 is 0 Å². The molecule has 5 heteroatoms. The third-order valence-electron chi connectivity index (χ3n) is 2.60. The van der Waals surface area contributed by atoms with Gasteiger partial charge in [0.25, 0.3) is 5.56 Å². The van der Waals surface area contributed by atoms with Crippen molar-refractivity contribution in [2.75, 3.05) is 0 Å². The van der Waals surface area contributed by atoms with Gasteiger partial charge in [0.15, 0.2) is 0 Å². The van der Waals surface area contributed by atoms with Crippen LogP contribution in [-0.2, 0) is 6.54 Å². The third-order valence-corrected chi connectivity index (χ3v) is 3.56. The highest BCUT2D eigenvalue weighted by atomic mass is 32.1. The molecule has 0 saturated carbocycles. The predicted octanol–water partition coefficient (Wildman–Crippen LogP) is 1.50. The van der Waals surface area contributed by atoms with E-state index in [2.05, 4.69) is 4.98 Å². The van der Waals surface area contributed by atoms with E-state index in [0.29, 0.717) is 11.9 Å². The van der Waals surface area contributed by atoms with Crippen molar-refractivity contribution in [3.63, 3.8) is 0 Å². The molecule has 86 valence electrons. The lowest BCUT2D eigenvalue weighted by Crippen LogP contribution is -2.31. The molecule has 2 rings (SSSR count). The van der Waals surface area contributed by atoms with Crippen molar-refractivity contribution >= 4 is 21.6 Å². The van der Waals surface area contributed by atoms with Crippen LogP contribution in [0.3, 0.4) is 0 Å². The minimum atomic E-state index is 0.0108. The van der Waals surface area contributed by atoms with Gasteiger partial charge in [-0.3, -0.25) is 9.36 Å². The number of aryl methyl sites for hydroxylation is 1. The fourth-order valence-corrected chi connectivity index (χ4v) is 2.43. The molecule has 2 heterocycles. The van der Waals surface area contributed by atoms with Crippen LogP contribution < -0.4 is 11.3 Å². The van der Waals surface area contributed by atoms with Crippen LogP contribution in [0.25, 0.3) is 10.2 Å². The van der Waals surface area contributed by atoms with Crippen LogP contribution in [0.4, 0.5) is 0 Å². The molecule has 1 atom stereocenters. The highest BCUT2D eigenvalue weighted by Gasteiger charge is 2.08. The maximum absolute atomic E-state index is 12.1. The Kier molecular flexibility index (Phi) is 3.07. The second-order valence-corrected chi connectivity index (χ2v) is 5.18. The largest absolute Gasteiger partial charge is 0.326 e. The van der Waals surface area contributed by atoms with Crippen molar-refractivity contribution in [1.82, 2.24) is 9.55 Å².